The van der Waals surface area contributed by atoms with Crippen molar-refractivity contribution in [3.63, 3.8) is 0 Å². The zero-order chi connectivity index (χ0) is 17.0. The van der Waals surface area contributed by atoms with Crippen LogP contribution in [-0.4, -0.2) is 26.8 Å². The van der Waals surface area contributed by atoms with Gasteiger partial charge in [0.15, 0.2) is 0 Å². The summed E-state index contributed by atoms with van der Waals surface area (Å²) in [4.78, 5) is 0. The highest BCUT2D eigenvalue weighted by molar-refractivity contribution is 5.31. The number of halogens is 1. The van der Waals surface area contributed by atoms with Crippen molar-refractivity contribution >= 4 is 0 Å². The molecule has 24 heavy (non-hydrogen) atoms. The standard InChI is InChI=1S/C20H24FNO2/c1-20(14-24-18-9-7-17(23-2)8-10-18)13-22-12-11-19(20)15-3-5-16(21)6-4-15/h3-10,19,22H,11-14H2,1-2H3. The molecule has 1 heterocycles. The van der Waals surface area contributed by atoms with Crippen molar-refractivity contribution in [3.8, 4) is 11.5 Å². The Morgan fingerprint density at radius 3 is 2.42 bits per heavy atom. The first kappa shape index (κ1) is 16.8. The molecule has 3 rings (SSSR count). The Bertz CT molecular complexity index is 656. The van der Waals surface area contributed by atoms with Gasteiger partial charge in [0.05, 0.1) is 13.7 Å². The first-order valence-corrected chi connectivity index (χ1v) is 8.34. The second kappa shape index (κ2) is 7.22. The highest BCUT2D eigenvalue weighted by Gasteiger charge is 2.38. The van der Waals surface area contributed by atoms with Gasteiger partial charge in [-0.3, -0.25) is 0 Å². The number of piperidine rings is 1. The summed E-state index contributed by atoms with van der Waals surface area (Å²) in [5.74, 6) is 1.80. The normalized spacial score (nSPS) is 23.7. The topological polar surface area (TPSA) is 30.5 Å². The summed E-state index contributed by atoms with van der Waals surface area (Å²) in [6.07, 6.45) is 1.02. The highest BCUT2D eigenvalue weighted by atomic mass is 19.1. The van der Waals surface area contributed by atoms with Gasteiger partial charge in [0.25, 0.3) is 0 Å². The summed E-state index contributed by atoms with van der Waals surface area (Å²) in [7, 11) is 1.65. The minimum Gasteiger partial charge on any atom is -0.497 e. The van der Waals surface area contributed by atoms with E-state index >= 15 is 0 Å². The van der Waals surface area contributed by atoms with Crippen molar-refractivity contribution in [3.05, 3.63) is 59.9 Å². The maximum atomic E-state index is 13.2. The van der Waals surface area contributed by atoms with E-state index in [2.05, 4.69) is 12.2 Å². The van der Waals surface area contributed by atoms with Gasteiger partial charge in [-0.2, -0.15) is 0 Å². The third-order valence-electron chi connectivity index (χ3n) is 4.88. The number of nitrogens with one attached hydrogen (secondary N) is 1. The first-order valence-electron chi connectivity index (χ1n) is 8.34. The molecule has 1 N–H and O–H groups in total. The van der Waals surface area contributed by atoms with Gasteiger partial charge in [-0.05, 0) is 60.8 Å². The van der Waals surface area contributed by atoms with Gasteiger partial charge in [-0.15, -0.1) is 0 Å². The van der Waals surface area contributed by atoms with Gasteiger partial charge < -0.3 is 14.8 Å². The van der Waals surface area contributed by atoms with Crippen molar-refractivity contribution in [1.29, 1.82) is 0 Å². The average Bonchev–Trinajstić information content (AvgIpc) is 2.62. The van der Waals surface area contributed by atoms with E-state index in [-0.39, 0.29) is 11.2 Å². The summed E-state index contributed by atoms with van der Waals surface area (Å²) in [6, 6.07) is 14.5. The molecule has 2 atom stereocenters. The summed E-state index contributed by atoms with van der Waals surface area (Å²) in [6.45, 7) is 4.69. The quantitative estimate of drug-likeness (QED) is 0.899. The van der Waals surface area contributed by atoms with Crippen molar-refractivity contribution in [2.45, 2.75) is 19.3 Å². The van der Waals surface area contributed by atoms with E-state index in [1.54, 1.807) is 19.2 Å². The molecule has 2 aromatic carbocycles. The lowest BCUT2D eigenvalue weighted by Crippen LogP contribution is -2.47. The molecule has 0 saturated carbocycles. The molecule has 3 nitrogen and oxygen atoms in total. The molecule has 0 radical (unpaired) electrons. The van der Waals surface area contributed by atoms with E-state index in [9.17, 15) is 4.39 Å². The molecule has 1 fully saturated rings. The number of methoxy groups -OCH3 is 1. The van der Waals surface area contributed by atoms with Gasteiger partial charge in [0.1, 0.15) is 17.3 Å². The van der Waals surface area contributed by atoms with E-state index in [1.807, 2.05) is 36.4 Å². The molecule has 128 valence electrons. The number of ether oxygens (including phenoxy) is 2. The summed E-state index contributed by atoms with van der Waals surface area (Å²) >= 11 is 0. The summed E-state index contributed by atoms with van der Waals surface area (Å²) in [5.41, 5.74) is 1.13. The third kappa shape index (κ3) is 3.70. The molecule has 0 aromatic heterocycles. The van der Waals surface area contributed by atoms with Crippen LogP contribution in [0.1, 0.15) is 24.8 Å². The zero-order valence-electron chi connectivity index (χ0n) is 14.2. The van der Waals surface area contributed by atoms with Crippen LogP contribution in [0, 0.1) is 11.2 Å². The molecule has 1 saturated heterocycles. The Balaban J connectivity index is 1.73. The lowest BCUT2D eigenvalue weighted by molar-refractivity contribution is 0.104. The molecule has 1 aliphatic rings. The minimum atomic E-state index is -0.191. The largest absolute Gasteiger partial charge is 0.497 e. The summed E-state index contributed by atoms with van der Waals surface area (Å²) in [5, 5.41) is 3.47. The second-order valence-electron chi connectivity index (χ2n) is 6.69. The van der Waals surface area contributed by atoms with Crippen LogP contribution in [0.4, 0.5) is 4.39 Å². The Morgan fingerprint density at radius 2 is 1.75 bits per heavy atom. The predicted molar refractivity (Wildman–Crippen MR) is 93.2 cm³/mol. The Morgan fingerprint density at radius 1 is 1.08 bits per heavy atom. The Hall–Kier alpha value is -2.07. The van der Waals surface area contributed by atoms with Crippen molar-refractivity contribution in [1.82, 2.24) is 5.32 Å². The van der Waals surface area contributed by atoms with E-state index in [0.717, 1.165) is 31.0 Å². The Labute approximate surface area is 142 Å². The molecular weight excluding hydrogens is 305 g/mol. The van der Waals surface area contributed by atoms with Crippen LogP contribution in [0.15, 0.2) is 48.5 Å². The fraction of sp³-hybridized carbons (Fsp3) is 0.400. The fourth-order valence-electron chi connectivity index (χ4n) is 3.43. The van der Waals surface area contributed by atoms with Crippen molar-refractivity contribution < 1.29 is 13.9 Å². The fourth-order valence-corrected chi connectivity index (χ4v) is 3.43. The predicted octanol–water partition coefficient (Wildman–Crippen LogP) is 4.00. The number of benzene rings is 2. The van der Waals surface area contributed by atoms with Gasteiger partial charge in [0, 0.05) is 12.0 Å². The monoisotopic (exact) mass is 329 g/mol. The second-order valence-corrected chi connectivity index (χ2v) is 6.69. The smallest absolute Gasteiger partial charge is 0.123 e. The van der Waals surface area contributed by atoms with Crippen LogP contribution in [0.3, 0.4) is 0 Å². The van der Waals surface area contributed by atoms with E-state index in [0.29, 0.717) is 12.5 Å². The van der Waals surface area contributed by atoms with Gasteiger partial charge in [-0.25, -0.2) is 4.39 Å². The number of hydrogen-bond acceptors (Lipinski definition) is 3. The summed E-state index contributed by atoms with van der Waals surface area (Å²) < 4.78 is 24.5. The lowest BCUT2D eigenvalue weighted by Gasteiger charge is -2.42. The molecule has 2 aromatic rings. The third-order valence-corrected chi connectivity index (χ3v) is 4.88. The van der Waals surface area contributed by atoms with Crippen LogP contribution in [-0.2, 0) is 0 Å². The van der Waals surface area contributed by atoms with Gasteiger partial charge in [0.2, 0.25) is 0 Å². The average molecular weight is 329 g/mol. The molecule has 0 spiro atoms. The Kier molecular flexibility index (Phi) is 5.05. The van der Waals surface area contributed by atoms with Gasteiger partial charge >= 0.3 is 0 Å². The maximum Gasteiger partial charge on any atom is 0.123 e. The van der Waals surface area contributed by atoms with Crippen LogP contribution in [0.2, 0.25) is 0 Å². The molecule has 2 unspecified atom stereocenters. The molecule has 0 aliphatic carbocycles. The SMILES string of the molecule is COc1ccc(OCC2(C)CNCCC2c2ccc(F)cc2)cc1. The zero-order valence-corrected chi connectivity index (χ0v) is 14.2. The molecule has 1 aliphatic heterocycles. The highest BCUT2D eigenvalue weighted by Crippen LogP contribution is 2.40. The van der Waals surface area contributed by atoms with E-state index < -0.39 is 0 Å². The molecule has 4 heteroatoms. The minimum absolute atomic E-state index is 0.0456. The van der Waals surface area contributed by atoms with Crippen LogP contribution < -0.4 is 14.8 Å². The molecule has 0 bridgehead atoms. The maximum absolute atomic E-state index is 13.2. The number of hydrogen-bond donors (Lipinski definition) is 1. The molecule has 0 amide bonds. The number of rotatable bonds is 5. The van der Waals surface area contributed by atoms with Crippen molar-refractivity contribution in [2.75, 3.05) is 26.8 Å². The first-order chi connectivity index (χ1) is 11.6. The lowest BCUT2D eigenvalue weighted by atomic mass is 9.70. The van der Waals surface area contributed by atoms with Crippen LogP contribution in [0.25, 0.3) is 0 Å². The van der Waals surface area contributed by atoms with Gasteiger partial charge in [-0.1, -0.05) is 19.1 Å². The van der Waals surface area contributed by atoms with Crippen LogP contribution in [0.5, 0.6) is 11.5 Å². The van der Waals surface area contributed by atoms with E-state index in [4.69, 9.17) is 9.47 Å². The van der Waals surface area contributed by atoms with Crippen molar-refractivity contribution in [2.24, 2.45) is 5.41 Å². The van der Waals surface area contributed by atoms with E-state index in [1.165, 1.54) is 5.56 Å². The molecular formula is C20H24FNO2. The van der Waals surface area contributed by atoms with Crippen LogP contribution >= 0.6 is 0 Å².